The number of piperazine rings is 1. The summed E-state index contributed by atoms with van der Waals surface area (Å²) in [7, 11) is -3.17. The maximum absolute atomic E-state index is 11.9. The minimum atomic E-state index is -3.17. The third-order valence-electron chi connectivity index (χ3n) is 8.47. The third kappa shape index (κ3) is 7.12. The number of nitrogens with one attached hydrogen (secondary N) is 1. The van der Waals surface area contributed by atoms with Gasteiger partial charge in [-0.05, 0) is 24.3 Å². The molecule has 1 N–H and O–H groups in total. The Balaban J connectivity index is 1.14. The number of aromatic nitrogens is 3. The average Bonchev–Trinajstić information content (AvgIpc) is 3.63. The molecule has 0 aliphatic carbocycles. The fourth-order valence-electron chi connectivity index (χ4n) is 6.04. The normalized spacial score (nSPS) is 17.0. The van der Waals surface area contributed by atoms with Gasteiger partial charge in [-0.1, -0.05) is 47.5 Å². The maximum Gasteiger partial charge on any atom is 0.246 e. The van der Waals surface area contributed by atoms with E-state index in [1.807, 2.05) is 36.5 Å². The molecule has 0 spiro atoms. The predicted molar refractivity (Wildman–Crippen MR) is 191 cm³/mol. The topological polar surface area (TPSA) is 108 Å². The molecule has 2 aliphatic heterocycles. The molecule has 2 aliphatic rings. The molecule has 0 bridgehead atoms. The van der Waals surface area contributed by atoms with E-state index in [9.17, 15) is 8.42 Å². The van der Waals surface area contributed by atoms with Crippen LogP contribution in [0.5, 0.6) is 0 Å². The van der Waals surface area contributed by atoms with Crippen molar-refractivity contribution < 1.29 is 13.2 Å². The first-order chi connectivity index (χ1) is 22.7. The van der Waals surface area contributed by atoms with Crippen molar-refractivity contribution in [2.24, 2.45) is 5.10 Å². The number of nitrogens with zero attached hydrogens (tertiary/aromatic N) is 7. The Morgan fingerprint density at radius 1 is 0.979 bits per heavy atom. The third-order valence-corrected chi connectivity index (χ3v) is 11.6. The zero-order chi connectivity index (χ0) is 32.5. The Kier molecular flexibility index (Phi) is 9.38. The number of ether oxygens (including phenoxy) is 1. The number of para-hydroxylation sites is 1. The van der Waals surface area contributed by atoms with Crippen molar-refractivity contribution in [3.63, 3.8) is 0 Å². The molecule has 0 radical (unpaired) electrons. The van der Waals surface area contributed by atoms with Gasteiger partial charge in [0.15, 0.2) is 5.82 Å². The summed E-state index contributed by atoms with van der Waals surface area (Å²) in [5.74, 6) is 1.27. The van der Waals surface area contributed by atoms with Gasteiger partial charge in [0.25, 0.3) is 0 Å². The van der Waals surface area contributed by atoms with Gasteiger partial charge in [0.05, 0.1) is 42.4 Å². The minimum absolute atomic E-state index is 0.410. The molecule has 0 saturated carbocycles. The van der Waals surface area contributed by atoms with Gasteiger partial charge in [-0.15, -0.1) is 11.3 Å². The lowest BCUT2D eigenvalue weighted by atomic mass is 10.2. The van der Waals surface area contributed by atoms with Crippen LogP contribution in [0.3, 0.4) is 0 Å². The summed E-state index contributed by atoms with van der Waals surface area (Å²) in [4.78, 5) is 15.4. The monoisotopic (exact) mass is 712 g/mol. The van der Waals surface area contributed by atoms with E-state index in [4.69, 9.17) is 37.9 Å². The van der Waals surface area contributed by atoms with Crippen LogP contribution in [-0.4, -0.2) is 97.1 Å². The molecule has 0 amide bonds. The number of halogens is 2. The van der Waals surface area contributed by atoms with Crippen LogP contribution in [0.25, 0.3) is 21.1 Å². The molecule has 15 heteroatoms. The lowest BCUT2D eigenvalue weighted by Gasteiger charge is -2.32. The first-order valence-electron chi connectivity index (χ1n) is 15.3. The maximum atomic E-state index is 11.9. The van der Waals surface area contributed by atoms with E-state index in [0.717, 1.165) is 62.6 Å². The number of hydrogen-bond donors (Lipinski definition) is 1. The molecule has 2 aromatic carbocycles. The van der Waals surface area contributed by atoms with Crippen LogP contribution in [0.2, 0.25) is 10.0 Å². The Bertz CT molecular complexity index is 2030. The van der Waals surface area contributed by atoms with Gasteiger partial charge in [0.1, 0.15) is 0 Å². The largest absolute Gasteiger partial charge is 0.378 e. The lowest BCUT2D eigenvalue weighted by molar-refractivity contribution is 0.122. The highest BCUT2D eigenvalue weighted by Gasteiger charge is 2.25. The van der Waals surface area contributed by atoms with Crippen molar-refractivity contribution in [2.45, 2.75) is 13.1 Å². The number of morpholine rings is 1. The van der Waals surface area contributed by atoms with Crippen LogP contribution in [0.1, 0.15) is 16.0 Å². The minimum Gasteiger partial charge on any atom is -0.378 e. The molecule has 11 nitrogen and oxygen atoms in total. The van der Waals surface area contributed by atoms with Crippen molar-refractivity contribution in [1.82, 2.24) is 23.7 Å². The fraction of sp³-hybridized carbons (Fsp3) is 0.344. The molecule has 0 atom stereocenters. The number of rotatable bonds is 9. The number of anilines is 2. The highest BCUT2D eigenvalue weighted by atomic mass is 35.5. The van der Waals surface area contributed by atoms with E-state index in [1.165, 1.54) is 6.26 Å². The van der Waals surface area contributed by atoms with Crippen molar-refractivity contribution >= 4 is 83.7 Å². The van der Waals surface area contributed by atoms with Crippen LogP contribution < -0.4 is 10.3 Å². The van der Waals surface area contributed by atoms with Gasteiger partial charge in [0.2, 0.25) is 16.0 Å². The Hall–Kier alpha value is -3.30. The summed E-state index contributed by atoms with van der Waals surface area (Å²) in [5, 5.41) is 6.87. The summed E-state index contributed by atoms with van der Waals surface area (Å²) in [6.07, 6.45) is 5.09. The Morgan fingerprint density at radius 2 is 1.72 bits per heavy atom. The van der Waals surface area contributed by atoms with E-state index < -0.39 is 10.0 Å². The molecule has 2 fully saturated rings. The number of fused-ring (bicyclic) bond motifs is 2. The SMILES string of the molecule is CS(=O)(=O)N1CCN(Cc2cc3nc(N/N=C/c4cn(Cc5c(Cl)cccc5Cl)c5ccccc45)nc(N4CCOCC4)c3s2)CC1. The highest BCUT2D eigenvalue weighted by molar-refractivity contribution is 7.88. The highest BCUT2D eigenvalue weighted by Crippen LogP contribution is 2.34. The molecule has 7 rings (SSSR count). The first-order valence-corrected chi connectivity index (χ1v) is 18.8. The second-order valence-corrected chi connectivity index (χ2v) is 15.6. The standard InChI is InChI=1S/C32H34Cl2N8O3S2/c1-47(43,44)42-11-9-39(10-12-42)20-23-17-28-30(46-23)31(40-13-15-45-16-14-40)37-32(36-28)38-35-18-22-19-41(29-8-3-2-5-24(22)29)21-25-26(33)6-4-7-27(25)34/h2-8,17-19H,9-16,20-21H2,1H3,(H,36,37,38)/b35-18+. The molecule has 0 unspecified atom stereocenters. The van der Waals surface area contributed by atoms with Gasteiger partial charge in [-0.3, -0.25) is 4.90 Å². The van der Waals surface area contributed by atoms with Crippen LogP contribution >= 0.6 is 34.5 Å². The molecule has 3 aromatic heterocycles. The van der Waals surface area contributed by atoms with Gasteiger partial charge in [0, 0.05) is 89.0 Å². The van der Waals surface area contributed by atoms with E-state index >= 15 is 0 Å². The van der Waals surface area contributed by atoms with E-state index in [2.05, 4.69) is 43.1 Å². The Morgan fingerprint density at radius 3 is 2.47 bits per heavy atom. The van der Waals surface area contributed by atoms with Crippen molar-refractivity contribution in [1.29, 1.82) is 0 Å². The van der Waals surface area contributed by atoms with E-state index in [0.29, 0.717) is 61.9 Å². The van der Waals surface area contributed by atoms with E-state index in [1.54, 1.807) is 21.9 Å². The second kappa shape index (κ2) is 13.7. The molecule has 47 heavy (non-hydrogen) atoms. The van der Waals surface area contributed by atoms with Gasteiger partial charge < -0.3 is 14.2 Å². The molecule has 5 aromatic rings. The average molecular weight is 714 g/mol. The second-order valence-electron chi connectivity index (χ2n) is 11.6. The van der Waals surface area contributed by atoms with Crippen molar-refractivity contribution in [3.8, 4) is 0 Å². The first kappa shape index (κ1) is 32.3. The number of sulfonamides is 1. The number of hydrazone groups is 1. The van der Waals surface area contributed by atoms with Crippen LogP contribution in [-0.2, 0) is 27.8 Å². The quantitative estimate of drug-likeness (QED) is 0.161. The smallest absolute Gasteiger partial charge is 0.246 e. The summed E-state index contributed by atoms with van der Waals surface area (Å²) in [5.41, 5.74) is 6.77. The lowest BCUT2D eigenvalue weighted by Crippen LogP contribution is -2.47. The predicted octanol–water partition coefficient (Wildman–Crippen LogP) is 5.36. The summed E-state index contributed by atoms with van der Waals surface area (Å²) >= 11 is 14.7. The van der Waals surface area contributed by atoms with Gasteiger partial charge in [-0.25, -0.2) is 18.8 Å². The number of benzene rings is 2. The van der Waals surface area contributed by atoms with E-state index in [-0.39, 0.29) is 0 Å². The molecular weight excluding hydrogens is 679 g/mol. The molecule has 246 valence electrons. The fourth-order valence-corrected chi connectivity index (χ4v) is 8.54. The molecule has 5 heterocycles. The summed E-state index contributed by atoms with van der Waals surface area (Å²) < 4.78 is 34.2. The summed E-state index contributed by atoms with van der Waals surface area (Å²) in [6.45, 7) is 6.39. The van der Waals surface area contributed by atoms with Gasteiger partial charge in [-0.2, -0.15) is 14.4 Å². The van der Waals surface area contributed by atoms with Crippen LogP contribution in [0.15, 0.2) is 59.8 Å². The summed E-state index contributed by atoms with van der Waals surface area (Å²) in [6, 6.07) is 15.8. The number of thiophene rings is 1. The Labute approximate surface area is 287 Å². The van der Waals surface area contributed by atoms with Crippen molar-refractivity contribution in [3.05, 3.63) is 80.8 Å². The van der Waals surface area contributed by atoms with Crippen LogP contribution in [0, 0.1) is 0 Å². The van der Waals surface area contributed by atoms with Gasteiger partial charge >= 0.3 is 0 Å². The van der Waals surface area contributed by atoms with Crippen LogP contribution in [0.4, 0.5) is 11.8 Å². The zero-order valence-corrected chi connectivity index (χ0v) is 28.9. The van der Waals surface area contributed by atoms with Crippen molar-refractivity contribution in [2.75, 3.05) is 69.1 Å². The zero-order valence-electron chi connectivity index (χ0n) is 25.8. The molecule has 2 saturated heterocycles. The number of hydrogen-bond acceptors (Lipinski definition) is 10. The molecular formula is C32H34Cl2N8O3S2.